The first-order valence-electron chi connectivity index (χ1n) is 2.83. The molecule has 0 saturated heterocycles. The summed E-state index contributed by atoms with van der Waals surface area (Å²) >= 11 is 0. The topological polar surface area (TPSA) is 205 Å². The van der Waals surface area contributed by atoms with Crippen LogP contribution in [0.5, 0.6) is 0 Å². The van der Waals surface area contributed by atoms with E-state index >= 15 is 0 Å². The molecular formula is C12H12O12Ru-12. The Kier molecular flexibility index (Phi) is 3540. The molecule has 0 amide bonds. The van der Waals surface area contributed by atoms with Gasteiger partial charge >= 0.3 is 0 Å². The molecule has 152 valence electrons. The molecule has 0 fully saturated rings. The average molecular weight is 449 g/mol. The van der Waals surface area contributed by atoms with Crippen molar-refractivity contribution in [2.24, 2.45) is 0 Å². The van der Waals surface area contributed by atoms with E-state index in [1.807, 2.05) is 0 Å². The monoisotopic (exact) mass is 450 g/mol. The smallest absolute Gasteiger partial charge is 0 e. The van der Waals surface area contributed by atoms with Gasteiger partial charge in [-0.05, 0) is 0 Å². The van der Waals surface area contributed by atoms with Crippen LogP contribution in [0.3, 0.4) is 0 Å². The van der Waals surface area contributed by atoms with Crippen LogP contribution in [0.15, 0.2) is 0 Å². The molecule has 0 aromatic heterocycles. The van der Waals surface area contributed by atoms with Gasteiger partial charge in [0, 0.05) is 19.5 Å². The minimum Gasteiger partial charge on any atom is -0.545 e. The summed E-state index contributed by atoms with van der Waals surface area (Å²) in [5.41, 5.74) is 0. The Morgan fingerprint density at radius 2 is 0.160 bits per heavy atom. The van der Waals surface area contributed by atoms with Crippen molar-refractivity contribution in [2.75, 3.05) is 0 Å². The van der Waals surface area contributed by atoms with Crippen LogP contribution < -0.4 is 0 Å². The van der Waals surface area contributed by atoms with Gasteiger partial charge in [-0.3, -0.25) is 81.5 Å². The largest absolute Gasteiger partial charge is 0.545 e. The van der Waals surface area contributed by atoms with Crippen molar-refractivity contribution in [1.29, 1.82) is 0 Å². The van der Waals surface area contributed by atoms with Crippen molar-refractivity contribution in [2.45, 2.75) is 0 Å². The second kappa shape index (κ2) is 718. The summed E-state index contributed by atoms with van der Waals surface area (Å²) in [7, 11) is 0. The van der Waals surface area contributed by atoms with E-state index in [1.54, 1.807) is 0 Å². The zero-order valence-electron chi connectivity index (χ0n) is 12.2. The molecule has 0 aliphatic carbocycles. The fourth-order valence-corrected chi connectivity index (χ4v) is 0. The normalized spacial score (nSPS) is 1.92. The van der Waals surface area contributed by atoms with Gasteiger partial charge in [-0.2, -0.15) is 0 Å². The molecule has 0 aromatic rings. The average Bonchev–Trinajstić information content (AvgIpc) is 2.84. The van der Waals surface area contributed by atoms with E-state index in [1.165, 1.54) is 0 Å². The third kappa shape index (κ3) is 646. The molecule has 0 aliphatic rings. The van der Waals surface area contributed by atoms with Gasteiger partial charge < -0.3 is 57.5 Å². The van der Waals surface area contributed by atoms with Gasteiger partial charge in [-0.15, -0.1) is 0 Å². The van der Waals surface area contributed by atoms with Crippen molar-refractivity contribution in [3.05, 3.63) is 0 Å². The van der Waals surface area contributed by atoms with Crippen molar-refractivity contribution in [1.82, 2.24) is 0 Å². The van der Waals surface area contributed by atoms with Crippen LogP contribution in [-0.2, 0) is 77.0 Å². The Bertz CT molecular complexity index is 73.1. The van der Waals surface area contributed by atoms with E-state index in [0.717, 1.165) is 0 Å². The minimum atomic E-state index is 0. The number of carbonyl (C=O) groups excluding carboxylic acids is 12. The molecule has 0 unspecified atom stereocenters. The molecule has 0 rings (SSSR count). The summed E-state index contributed by atoms with van der Waals surface area (Å²) < 4.78 is 0. The Morgan fingerprint density at radius 1 is 0.160 bits per heavy atom. The van der Waals surface area contributed by atoms with Gasteiger partial charge in [-0.1, -0.05) is 0 Å². The molecule has 0 spiro atoms. The molecule has 25 heavy (non-hydrogen) atoms. The summed E-state index contributed by atoms with van der Waals surface area (Å²) in [5.74, 6) is 0. The predicted octanol–water partition coefficient (Wildman–Crippen LogP) is -3.29. The van der Waals surface area contributed by atoms with Crippen LogP contribution in [0.1, 0.15) is 0 Å². The molecule has 0 bridgehead atoms. The van der Waals surface area contributed by atoms with E-state index in [0.29, 0.717) is 0 Å². The Morgan fingerprint density at radius 3 is 0.160 bits per heavy atom. The maximum absolute atomic E-state index is 7.75. The first kappa shape index (κ1) is 123. The summed E-state index contributed by atoms with van der Waals surface area (Å²) in [6, 6.07) is 0. The van der Waals surface area contributed by atoms with E-state index in [9.17, 15) is 0 Å². The van der Waals surface area contributed by atoms with Gasteiger partial charge in [0.1, 0.15) is 0 Å². The van der Waals surface area contributed by atoms with Crippen molar-refractivity contribution >= 4 is 81.5 Å². The van der Waals surface area contributed by atoms with Crippen LogP contribution in [0.4, 0.5) is 0 Å². The van der Waals surface area contributed by atoms with Crippen molar-refractivity contribution in [3.63, 3.8) is 0 Å². The zero-order valence-corrected chi connectivity index (χ0v) is 13.9. The SMILES string of the molecule is [CH-]=O.[CH-]=O.[CH-]=O.[CH-]=O.[CH-]=O.[CH-]=O.[CH-]=O.[CH-]=O.[CH-]=O.[CH-]=O.[CH-]=O.[CH-]=O.[Ru]. The van der Waals surface area contributed by atoms with Gasteiger partial charge in [-0.25, -0.2) is 0 Å². The third-order valence-corrected chi connectivity index (χ3v) is 0. The first-order valence-corrected chi connectivity index (χ1v) is 2.83. The fraction of sp³-hybridized carbons (Fsp3) is 0. The molecule has 0 heterocycles. The number of hydrogen-bond acceptors (Lipinski definition) is 12. The Balaban J connectivity index is -0.00000000569. The van der Waals surface area contributed by atoms with Crippen LogP contribution in [0, 0.1) is 0 Å². The summed E-state index contributed by atoms with van der Waals surface area (Å²) in [4.78, 5) is 93.0. The van der Waals surface area contributed by atoms with Crippen molar-refractivity contribution < 1.29 is 77.0 Å². The molecular weight excluding hydrogens is 437 g/mol. The minimum absolute atomic E-state index is 0. The van der Waals surface area contributed by atoms with Gasteiger partial charge in [0.15, 0.2) is 0 Å². The quantitative estimate of drug-likeness (QED) is 0.203. The maximum atomic E-state index is 7.75. The summed E-state index contributed by atoms with van der Waals surface area (Å²) in [6.07, 6.45) is 0. The standard InChI is InChI=1S/12CHO.Ru/c12*1-2;/h12*1H;/q12*-1;. The van der Waals surface area contributed by atoms with E-state index in [2.05, 4.69) is 81.5 Å². The van der Waals surface area contributed by atoms with Gasteiger partial charge in [0.25, 0.3) is 0 Å². The van der Waals surface area contributed by atoms with Crippen molar-refractivity contribution in [3.8, 4) is 0 Å². The van der Waals surface area contributed by atoms with Crippen LogP contribution in [0.25, 0.3) is 0 Å². The summed E-state index contributed by atoms with van der Waals surface area (Å²) in [5, 5.41) is 0. The zero-order chi connectivity index (χ0) is 24.0. The first-order chi connectivity index (χ1) is 12.0. The van der Waals surface area contributed by atoms with Gasteiger partial charge in [0.2, 0.25) is 0 Å². The molecule has 0 aliphatic heterocycles. The van der Waals surface area contributed by atoms with Crippen LogP contribution >= 0.6 is 0 Å². The Labute approximate surface area is 159 Å². The fourth-order valence-electron chi connectivity index (χ4n) is 0. The molecule has 13 heteroatoms. The van der Waals surface area contributed by atoms with E-state index in [4.69, 9.17) is 57.5 Å². The third-order valence-electron chi connectivity index (χ3n) is 0. The molecule has 0 atom stereocenters. The van der Waals surface area contributed by atoms with Crippen LogP contribution in [-0.4, -0.2) is 81.5 Å². The van der Waals surface area contributed by atoms with Gasteiger partial charge in [0.05, 0.1) is 0 Å². The molecule has 12 nitrogen and oxygen atoms in total. The maximum Gasteiger partial charge on any atom is 0 e. The predicted molar refractivity (Wildman–Crippen MR) is 81.0 cm³/mol. The van der Waals surface area contributed by atoms with E-state index in [-0.39, 0.29) is 19.5 Å². The van der Waals surface area contributed by atoms with E-state index < -0.39 is 0 Å². The van der Waals surface area contributed by atoms with Crippen LogP contribution in [0.2, 0.25) is 0 Å². The second-order valence-electron chi connectivity index (χ2n) is 0. The molecule has 0 N–H and O–H groups in total. The molecule has 0 aromatic carbocycles. The number of hydrogen-bond donors (Lipinski definition) is 0. The summed E-state index contributed by atoms with van der Waals surface area (Å²) in [6.45, 7) is 39.0. The Hall–Kier alpha value is -3.34. The molecule has 0 radical (unpaired) electrons. The number of rotatable bonds is 0. The molecule has 0 saturated carbocycles. The second-order valence-corrected chi connectivity index (χ2v) is 0.